The maximum absolute atomic E-state index is 11.6. The van der Waals surface area contributed by atoms with Crippen LogP contribution in [-0.4, -0.2) is 39.6 Å². The van der Waals surface area contributed by atoms with Crippen LogP contribution in [0.15, 0.2) is 35.7 Å². The number of nitroso groups, excluding NO2 is 1. The molecule has 10 nitrogen and oxygen atoms in total. The molecule has 1 aromatic carbocycles. The van der Waals surface area contributed by atoms with Gasteiger partial charge in [0.1, 0.15) is 40.6 Å². The number of benzene rings is 1. The minimum absolute atomic E-state index is 0.0415. The molecular formula is C19H22ClN5O5. The lowest BCUT2D eigenvalue weighted by Crippen LogP contribution is -2.32. The van der Waals surface area contributed by atoms with Crippen LogP contribution in [0.5, 0.6) is 5.75 Å². The molecule has 1 heterocycles. The van der Waals surface area contributed by atoms with Gasteiger partial charge in [0.25, 0.3) is 0 Å². The van der Waals surface area contributed by atoms with E-state index in [0.717, 1.165) is 0 Å². The lowest BCUT2D eigenvalue weighted by atomic mass is 10.2. The number of hydrogen-bond donors (Lipinski definition) is 1. The molecule has 160 valence electrons. The van der Waals surface area contributed by atoms with E-state index < -0.39 is 11.7 Å². The smallest absolute Gasteiger partial charge is 0.407 e. The first-order valence-corrected chi connectivity index (χ1v) is 9.35. The SMILES string of the molecule is CC(C)(C)OC(=O)NCc1cnn(C/C=C/COc2cc(C=O)cc(N=O)c2Cl)n1. The number of ether oxygens (including phenoxy) is 2. The van der Waals surface area contributed by atoms with Crippen molar-refractivity contribution < 1.29 is 19.1 Å². The summed E-state index contributed by atoms with van der Waals surface area (Å²) < 4.78 is 10.6. The fourth-order valence-electron chi connectivity index (χ4n) is 2.20. The Labute approximate surface area is 178 Å². The molecular weight excluding hydrogens is 414 g/mol. The molecule has 2 aromatic rings. The average molecular weight is 436 g/mol. The Hall–Kier alpha value is -3.27. The number of aromatic nitrogens is 3. The van der Waals surface area contributed by atoms with Crippen LogP contribution < -0.4 is 10.1 Å². The van der Waals surface area contributed by atoms with Crippen molar-refractivity contribution >= 4 is 29.7 Å². The van der Waals surface area contributed by atoms with Crippen LogP contribution in [0.4, 0.5) is 10.5 Å². The molecule has 0 saturated carbocycles. The zero-order valence-corrected chi connectivity index (χ0v) is 17.5. The van der Waals surface area contributed by atoms with Gasteiger partial charge in [0.15, 0.2) is 0 Å². The lowest BCUT2D eigenvalue weighted by Gasteiger charge is -2.19. The Morgan fingerprint density at radius 1 is 1.33 bits per heavy atom. The second kappa shape index (κ2) is 10.5. The van der Waals surface area contributed by atoms with E-state index in [0.29, 0.717) is 18.5 Å². The first kappa shape index (κ1) is 23.0. The summed E-state index contributed by atoms with van der Waals surface area (Å²) in [5.74, 6) is 0.188. The number of carbonyl (C=O) groups is 2. The molecule has 1 aromatic heterocycles. The van der Waals surface area contributed by atoms with Gasteiger partial charge in [0.05, 0.1) is 19.3 Å². The predicted octanol–water partition coefficient (Wildman–Crippen LogP) is 3.80. The summed E-state index contributed by atoms with van der Waals surface area (Å²) in [6.45, 7) is 6.06. The predicted molar refractivity (Wildman–Crippen MR) is 110 cm³/mol. The average Bonchev–Trinajstić information content (AvgIpc) is 3.13. The number of aldehydes is 1. The number of amides is 1. The van der Waals surface area contributed by atoms with Gasteiger partial charge in [0.2, 0.25) is 0 Å². The highest BCUT2D eigenvalue weighted by Gasteiger charge is 2.16. The van der Waals surface area contributed by atoms with Crippen molar-refractivity contribution in [3.63, 3.8) is 0 Å². The largest absolute Gasteiger partial charge is 0.488 e. The van der Waals surface area contributed by atoms with Gasteiger partial charge in [-0.15, -0.1) is 4.91 Å². The lowest BCUT2D eigenvalue weighted by molar-refractivity contribution is 0.0522. The summed E-state index contributed by atoms with van der Waals surface area (Å²) in [6.07, 6.45) is 5.06. The molecule has 0 aliphatic carbocycles. The summed E-state index contributed by atoms with van der Waals surface area (Å²) >= 11 is 6.01. The molecule has 0 bridgehead atoms. The molecule has 0 atom stereocenters. The van der Waals surface area contributed by atoms with E-state index >= 15 is 0 Å². The van der Waals surface area contributed by atoms with Crippen LogP contribution in [0, 0.1) is 4.91 Å². The number of nitrogens with zero attached hydrogens (tertiary/aromatic N) is 4. The Kier molecular flexibility index (Phi) is 8.05. The summed E-state index contributed by atoms with van der Waals surface area (Å²) in [4.78, 5) is 34.8. The molecule has 0 aliphatic heterocycles. The molecule has 11 heteroatoms. The van der Waals surface area contributed by atoms with Crippen molar-refractivity contribution in [2.75, 3.05) is 6.61 Å². The number of hydrogen-bond acceptors (Lipinski definition) is 8. The van der Waals surface area contributed by atoms with Gasteiger partial charge in [0, 0.05) is 5.56 Å². The van der Waals surface area contributed by atoms with Crippen molar-refractivity contribution in [1.29, 1.82) is 0 Å². The third-order valence-corrected chi connectivity index (χ3v) is 3.82. The maximum Gasteiger partial charge on any atom is 0.407 e. The van der Waals surface area contributed by atoms with E-state index in [1.807, 2.05) is 0 Å². The maximum atomic E-state index is 11.6. The van der Waals surface area contributed by atoms with Gasteiger partial charge in [-0.1, -0.05) is 17.7 Å². The monoisotopic (exact) mass is 435 g/mol. The molecule has 0 aliphatic rings. The molecule has 2 rings (SSSR count). The van der Waals surface area contributed by atoms with E-state index in [-0.39, 0.29) is 35.2 Å². The summed E-state index contributed by atoms with van der Waals surface area (Å²) in [7, 11) is 0. The van der Waals surface area contributed by atoms with Gasteiger partial charge in [-0.25, -0.2) is 4.79 Å². The van der Waals surface area contributed by atoms with Gasteiger partial charge in [-0.2, -0.15) is 15.0 Å². The fraction of sp³-hybridized carbons (Fsp3) is 0.368. The zero-order chi connectivity index (χ0) is 22.1. The standard InChI is InChI=1S/C19H22ClN5O5/c1-19(2,3)30-18(27)21-10-14-11-22-25(23-14)6-4-5-7-29-16-9-13(12-26)8-15(24-28)17(16)20/h4-5,8-9,11-12H,6-7,10H2,1-3H3,(H,21,27)/b5-4+. The molecule has 0 radical (unpaired) electrons. The summed E-state index contributed by atoms with van der Waals surface area (Å²) in [5.41, 5.74) is 0.185. The minimum atomic E-state index is -0.571. The fourth-order valence-corrected chi connectivity index (χ4v) is 2.40. The van der Waals surface area contributed by atoms with Crippen molar-refractivity contribution in [1.82, 2.24) is 20.3 Å². The summed E-state index contributed by atoms with van der Waals surface area (Å²) in [6, 6.07) is 2.71. The van der Waals surface area contributed by atoms with E-state index in [9.17, 15) is 14.5 Å². The number of rotatable bonds is 9. The van der Waals surface area contributed by atoms with Crippen molar-refractivity contribution in [2.45, 2.75) is 39.5 Å². The van der Waals surface area contributed by atoms with E-state index in [4.69, 9.17) is 21.1 Å². The zero-order valence-electron chi connectivity index (χ0n) is 16.8. The number of carbonyl (C=O) groups excluding carboxylic acids is 2. The highest BCUT2D eigenvalue weighted by atomic mass is 35.5. The van der Waals surface area contributed by atoms with Crippen molar-refractivity contribution in [2.24, 2.45) is 5.18 Å². The normalized spacial score (nSPS) is 11.3. The van der Waals surface area contributed by atoms with E-state index in [1.165, 1.54) is 16.9 Å². The minimum Gasteiger partial charge on any atom is -0.488 e. The third-order valence-electron chi connectivity index (χ3n) is 3.44. The van der Waals surface area contributed by atoms with Crippen LogP contribution in [0.25, 0.3) is 0 Å². The number of nitrogens with one attached hydrogen (secondary N) is 1. The molecule has 0 spiro atoms. The summed E-state index contributed by atoms with van der Waals surface area (Å²) in [5, 5.41) is 13.8. The number of allylic oxidation sites excluding steroid dienone is 1. The first-order chi connectivity index (χ1) is 14.2. The number of halogens is 1. The Morgan fingerprint density at radius 3 is 2.77 bits per heavy atom. The van der Waals surface area contributed by atoms with Crippen molar-refractivity contribution in [3.05, 3.63) is 51.7 Å². The quantitative estimate of drug-likeness (QED) is 0.360. The third kappa shape index (κ3) is 7.28. The Balaban J connectivity index is 1.81. The molecule has 30 heavy (non-hydrogen) atoms. The van der Waals surface area contributed by atoms with Gasteiger partial charge >= 0.3 is 6.09 Å². The van der Waals surface area contributed by atoms with Crippen LogP contribution in [0.1, 0.15) is 36.8 Å². The highest BCUT2D eigenvalue weighted by Crippen LogP contribution is 2.35. The Morgan fingerprint density at radius 2 is 2.10 bits per heavy atom. The molecule has 0 unspecified atom stereocenters. The Bertz CT molecular complexity index is 936. The molecule has 0 fully saturated rings. The second-order valence-electron chi connectivity index (χ2n) is 7.09. The molecule has 1 amide bonds. The first-order valence-electron chi connectivity index (χ1n) is 8.97. The van der Waals surface area contributed by atoms with Gasteiger partial charge in [-0.3, -0.25) is 4.79 Å². The topological polar surface area (TPSA) is 125 Å². The van der Waals surface area contributed by atoms with Crippen molar-refractivity contribution in [3.8, 4) is 5.75 Å². The van der Waals surface area contributed by atoms with Crippen LogP contribution in [0.3, 0.4) is 0 Å². The van der Waals surface area contributed by atoms with Crippen LogP contribution in [0.2, 0.25) is 5.02 Å². The highest BCUT2D eigenvalue weighted by molar-refractivity contribution is 6.34. The van der Waals surface area contributed by atoms with E-state index in [1.54, 1.807) is 39.1 Å². The van der Waals surface area contributed by atoms with Gasteiger partial charge < -0.3 is 14.8 Å². The molecule has 1 N–H and O–H groups in total. The second-order valence-corrected chi connectivity index (χ2v) is 7.47. The van der Waals surface area contributed by atoms with E-state index in [2.05, 4.69) is 20.7 Å². The molecule has 0 saturated heterocycles. The van der Waals surface area contributed by atoms with Crippen LogP contribution in [-0.2, 0) is 17.8 Å². The van der Waals surface area contributed by atoms with Crippen LogP contribution >= 0.6 is 11.6 Å². The number of alkyl carbamates (subject to hydrolysis) is 1. The van der Waals surface area contributed by atoms with Gasteiger partial charge in [-0.05, 0) is 44.2 Å².